The zero-order valence-corrected chi connectivity index (χ0v) is 10.8. The molecular formula is C12H9FN2O4S. The molecule has 1 heterocycles. The van der Waals surface area contributed by atoms with Gasteiger partial charge in [0.2, 0.25) is 0 Å². The Morgan fingerprint density at radius 3 is 2.55 bits per heavy atom. The van der Waals surface area contributed by atoms with E-state index in [1.54, 1.807) is 0 Å². The van der Waals surface area contributed by atoms with Gasteiger partial charge >= 0.3 is 10.2 Å². The molecule has 0 aliphatic heterocycles. The molecule has 0 radical (unpaired) electrons. The lowest BCUT2D eigenvalue weighted by Crippen LogP contribution is -2.21. The van der Waals surface area contributed by atoms with E-state index >= 15 is 0 Å². The summed E-state index contributed by atoms with van der Waals surface area (Å²) in [4.78, 5) is 25.2. The van der Waals surface area contributed by atoms with Gasteiger partial charge < -0.3 is 10.3 Å². The molecule has 1 aromatic heterocycles. The smallest absolute Gasteiger partial charge is 0.334 e. The molecule has 0 spiro atoms. The Hall–Kier alpha value is -2.48. The summed E-state index contributed by atoms with van der Waals surface area (Å²) < 4.78 is 35.0. The van der Waals surface area contributed by atoms with E-state index in [0.717, 1.165) is 12.1 Å². The number of hydrogen-bond acceptors (Lipinski definition) is 4. The van der Waals surface area contributed by atoms with Crippen LogP contribution in [0, 0.1) is 0 Å². The number of anilines is 1. The minimum atomic E-state index is -4.97. The number of carbonyl (C=O) groups excluding carboxylic acids is 1. The maximum Gasteiger partial charge on any atom is 0.334 e. The number of benzene rings is 1. The van der Waals surface area contributed by atoms with Crippen molar-refractivity contribution in [3.05, 3.63) is 58.5 Å². The number of rotatable bonds is 3. The van der Waals surface area contributed by atoms with Crippen LogP contribution in [0.4, 0.5) is 9.57 Å². The molecule has 2 N–H and O–H groups in total. The quantitative estimate of drug-likeness (QED) is 0.834. The first-order valence-corrected chi connectivity index (χ1v) is 6.80. The maximum absolute atomic E-state index is 13.1. The average molecular weight is 296 g/mol. The summed E-state index contributed by atoms with van der Waals surface area (Å²) in [7, 11) is -4.97. The summed E-state index contributed by atoms with van der Waals surface area (Å²) >= 11 is 0. The summed E-state index contributed by atoms with van der Waals surface area (Å²) in [5.41, 5.74) is -0.983. The summed E-state index contributed by atoms with van der Waals surface area (Å²) in [5.74, 6) is -0.831. The zero-order chi connectivity index (χ0) is 14.8. The number of halogens is 1. The Labute approximate surface area is 113 Å². The predicted molar refractivity (Wildman–Crippen MR) is 69.8 cm³/mol. The molecule has 0 fully saturated rings. The second kappa shape index (κ2) is 5.25. The normalized spacial score (nSPS) is 11.1. The summed E-state index contributed by atoms with van der Waals surface area (Å²) in [6.45, 7) is 0. The van der Waals surface area contributed by atoms with Crippen LogP contribution in [-0.2, 0) is 10.2 Å². The van der Waals surface area contributed by atoms with Crippen molar-refractivity contribution in [1.82, 2.24) is 4.98 Å². The number of carbonyl (C=O) groups is 1. The molecule has 8 heteroatoms. The molecule has 0 unspecified atom stereocenters. The molecule has 0 saturated heterocycles. The molecule has 2 rings (SSSR count). The fourth-order valence-corrected chi connectivity index (χ4v) is 2.19. The van der Waals surface area contributed by atoms with Crippen LogP contribution in [0.1, 0.15) is 10.4 Å². The number of amides is 1. The topological polar surface area (TPSA) is 96.1 Å². The van der Waals surface area contributed by atoms with Crippen LogP contribution in [0.5, 0.6) is 0 Å². The van der Waals surface area contributed by atoms with Crippen molar-refractivity contribution in [2.24, 2.45) is 0 Å². The van der Waals surface area contributed by atoms with Crippen molar-refractivity contribution in [3.8, 4) is 0 Å². The molecule has 2 aromatic rings. The number of H-pyrrole nitrogens is 1. The van der Waals surface area contributed by atoms with Crippen LogP contribution in [-0.4, -0.2) is 19.3 Å². The monoisotopic (exact) mass is 296 g/mol. The standard InChI is InChI=1S/C12H9FN2O4S/c13-20(18,19)11-4-2-1-3-9(11)15-12(17)8-7-14-6-5-10(8)16/h1-7H,(H,14,16)(H,15,17). The Morgan fingerprint density at radius 2 is 1.90 bits per heavy atom. The first kappa shape index (κ1) is 13.9. The summed E-state index contributed by atoms with van der Waals surface area (Å²) in [6, 6.07) is 6.13. The van der Waals surface area contributed by atoms with Crippen molar-refractivity contribution in [2.45, 2.75) is 4.90 Å². The van der Waals surface area contributed by atoms with Gasteiger partial charge in [-0.1, -0.05) is 12.1 Å². The van der Waals surface area contributed by atoms with E-state index < -0.39 is 26.5 Å². The number of aromatic amines is 1. The number of aromatic nitrogens is 1. The van der Waals surface area contributed by atoms with E-state index in [1.807, 2.05) is 0 Å². The lowest BCUT2D eigenvalue weighted by Gasteiger charge is -2.07. The number of hydrogen-bond donors (Lipinski definition) is 2. The highest BCUT2D eigenvalue weighted by molar-refractivity contribution is 7.86. The molecule has 6 nitrogen and oxygen atoms in total. The van der Waals surface area contributed by atoms with E-state index in [9.17, 15) is 21.9 Å². The van der Waals surface area contributed by atoms with Crippen molar-refractivity contribution >= 4 is 21.8 Å². The first-order valence-electron chi connectivity index (χ1n) is 5.42. The molecular weight excluding hydrogens is 287 g/mol. The van der Waals surface area contributed by atoms with Crippen molar-refractivity contribution in [3.63, 3.8) is 0 Å². The van der Waals surface area contributed by atoms with Gasteiger partial charge in [-0.3, -0.25) is 9.59 Å². The predicted octanol–water partition coefficient (Wildman–Crippen LogP) is 1.29. The molecule has 0 saturated carbocycles. The lowest BCUT2D eigenvalue weighted by molar-refractivity contribution is 0.102. The summed E-state index contributed by atoms with van der Waals surface area (Å²) in [6.07, 6.45) is 2.52. The second-order valence-corrected chi connectivity index (χ2v) is 5.13. The number of pyridine rings is 1. The second-order valence-electron chi connectivity index (χ2n) is 3.81. The van der Waals surface area contributed by atoms with E-state index in [4.69, 9.17) is 0 Å². The number of nitrogens with one attached hydrogen (secondary N) is 2. The minimum absolute atomic E-state index is 0.210. The Balaban J connectivity index is 2.39. The third-order valence-corrected chi connectivity index (χ3v) is 3.35. The molecule has 0 aliphatic carbocycles. The number of para-hydroxylation sites is 1. The molecule has 20 heavy (non-hydrogen) atoms. The van der Waals surface area contributed by atoms with Crippen LogP contribution < -0.4 is 10.7 Å². The van der Waals surface area contributed by atoms with Crippen LogP contribution in [0.2, 0.25) is 0 Å². The zero-order valence-electron chi connectivity index (χ0n) is 9.96. The Bertz CT molecular complexity index is 814. The highest BCUT2D eigenvalue weighted by Crippen LogP contribution is 2.22. The lowest BCUT2D eigenvalue weighted by atomic mass is 10.2. The van der Waals surface area contributed by atoms with Gasteiger partial charge in [-0.15, -0.1) is 3.89 Å². The van der Waals surface area contributed by atoms with E-state index in [1.165, 1.54) is 30.6 Å². The average Bonchev–Trinajstić information content (AvgIpc) is 2.38. The van der Waals surface area contributed by atoms with E-state index in [2.05, 4.69) is 10.3 Å². The fourth-order valence-electron chi connectivity index (χ4n) is 1.57. The maximum atomic E-state index is 13.1. The third-order valence-electron chi connectivity index (χ3n) is 2.47. The van der Waals surface area contributed by atoms with Crippen LogP contribution in [0.25, 0.3) is 0 Å². The van der Waals surface area contributed by atoms with Gasteiger partial charge in [0.05, 0.1) is 5.69 Å². The van der Waals surface area contributed by atoms with E-state index in [-0.39, 0.29) is 11.3 Å². The van der Waals surface area contributed by atoms with Crippen molar-refractivity contribution < 1.29 is 17.1 Å². The van der Waals surface area contributed by atoms with Gasteiger partial charge in [0.25, 0.3) is 5.91 Å². The third kappa shape index (κ3) is 2.91. The van der Waals surface area contributed by atoms with Crippen molar-refractivity contribution in [2.75, 3.05) is 5.32 Å². The van der Waals surface area contributed by atoms with Gasteiger partial charge in [0.1, 0.15) is 10.5 Å². The van der Waals surface area contributed by atoms with Crippen LogP contribution >= 0.6 is 0 Å². The SMILES string of the molecule is O=C(Nc1ccccc1S(=O)(=O)F)c1c[nH]ccc1=O. The van der Waals surface area contributed by atoms with Gasteiger partial charge in [0.15, 0.2) is 5.43 Å². The van der Waals surface area contributed by atoms with Gasteiger partial charge in [-0.25, -0.2) is 0 Å². The Morgan fingerprint density at radius 1 is 1.20 bits per heavy atom. The largest absolute Gasteiger partial charge is 0.367 e. The minimum Gasteiger partial charge on any atom is -0.367 e. The molecule has 0 atom stereocenters. The fraction of sp³-hybridized carbons (Fsp3) is 0. The van der Waals surface area contributed by atoms with Crippen LogP contribution in [0.3, 0.4) is 0 Å². The molecule has 1 amide bonds. The molecule has 1 aromatic carbocycles. The molecule has 0 bridgehead atoms. The first-order chi connectivity index (χ1) is 9.39. The van der Waals surface area contributed by atoms with Gasteiger partial charge in [0, 0.05) is 18.5 Å². The van der Waals surface area contributed by atoms with E-state index in [0.29, 0.717) is 0 Å². The summed E-state index contributed by atoms with van der Waals surface area (Å²) in [5, 5.41) is 2.20. The van der Waals surface area contributed by atoms with Gasteiger partial charge in [-0.05, 0) is 12.1 Å². The molecule has 0 aliphatic rings. The van der Waals surface area contributed by atoms with Crippen LogP contribution in [0.15, 0.2) is 52.4 Å². The highest BCUT2D eigenvalue weighted by atomic mass is 32.3. The Kier molecular flexibility index (Phi) is 3.66. The van der Waals surface area contributed by atoms with Gasteiger partial charge in [-0.2, -0.15) is 8.42 Å². The highest BCUT2D eigenvalue weighted by Gasteiger charge is 2.19. The molecule has 104 valence electrons. The van der Waals surface area contributed by atoms with Crippen molar-refractivity contribution in [1.29, 1.82) is 0 Å².